The lowest BCUT2D eigenvalue weighted by Gasteiger charge is -2.25. The first-order chi connectivity index (χ1) is 14.7. The zero-order valence-electron chi connectivity index (χ0n) is 16.3. The minimum atomic E-state index is -1.36. The van der Waals surface area contributed by atoms with Crippen molar-refractivity contribution in [3.8, 4) is 0 Å². The van der Waals surface area contributed by atoms with Gasteiger partial charge in [-0.2, -0.15) is 11.8 Å². The molecule has 3 rings (SSSR count). The SMILES string of the molecule is CSCC[C@@H](C(=O)Nc1cc(C(=O)O)cc(C(=O)O)c1)N1C(=O)c2ccccc2C1=O. The van der Waals surface area contributed by atoms with Crippen LogP contribution in [0, 0.1) is 0 Å². The van der Waals surface area contributed by atoms with Crippen LogP contribution in [0.4, 0.5) is 5.69 Å². The molecule has 3 amide bonds. The minimum absolute atomic E-state index is 0.0620. The lowest BCUT2D eigenvalue weighted by Crippen LogP contribution is -2.47. The summed E-state index contributed by atoms with van der Waals surface area (Å²) in [7, 11) is 0. The Bertz CT molecular complexity index is 1030. The van der Waals surface area contributed by atoms with Gasteiger partial charge in [0.15, 0.2) is 0 Å². The van der Waals surface area contributed by atoms with E-state index in [0.717, 1.165) is 23.1 Å². The fourth-order valence-electron chi connectivity index (χ4n) is 3.27. The van der Waals surface area contributed by atoms with Gasteiger partial charge in [0.1, 0.15) is 6.04 Å². The Labute approximate surface area is 181 Å². The second-order valence-electron chi connectivity index (χ2n) is 6.72. The summed E-state index contributed by atoms with van der Waals surface area (Å²) in [6.07, 6.45) is 1.98. The molecule has 0 bridgehead atoms. The number of nitrogens with zero attached hydrogens (tertiary/aromatic N) is 1. The highest BCUT2D eigenvalue weighted by molar-refractivity contribution is 7.98. The average molecular weight is 442 g/mol. The topological polar surface area (TPSA) is 141 Å². The van der Waals surface area contributed by atoms with E-state index in [1.807, 2.05) is 6.26 Å². The summed E-state index contributed by atoms with van der Waals surface area (Å²) in [6.45, 7) is 0. The maximum absolute atomic E-state index is 13.0. The summed E-state index contributed by atoms with van der Waals surface area (Å²) < 4.78 is 0. The summed E-state index contributed by atoms with van der Waals surface area (Å²) in [5.41, 5.74) is -0.299. The summed E-state index contributed by atoms with van der Waals surface area (Å²) >= 11 is 1.43. The van der Waals surface area contributed by atoms with Gasteiger partial charge in [-0.05, 0) is 48.8 Å². The van der Waals surface area contributed by atoms with Gasteiger partial charge in [-0.3, -0.25) is 19.3 Å². The molecule has 0 saturated heterocycles. The third-order valence-corrected chi connectivity index (χ3v) is 5.37. The fourth-order valence-corrected chi connectivity index (χ4v) is 3.73. The summed E-state index contributed by atoms with van der Waals surface area (Å²) in [6, 6.07) is 8.30. The van der Waals surface area contributed by atoms with Gasteiger partial charge < -0.3 is 15.5 Å². The molecule has 1 heterocycles. The summed E-state index contributed by atoms with van der Waals surface area (Å²) in [5.74, 6) is -4.15. The highest BCUT2D eigenvalue weighted by atomic mass is 32.2. The zero-order chi connectivity index (χ0) is 22.7. The number of carbonyl (C=O) groups is 5. The van der Waals surface area contributed by atoms with Crippen molar-refractivity contribution in [3.05, 3.63) is 64.7 Å². The van der Waals surface area contributed by atoms with E-state index in [9.17, 15) is 34.2 Å². The molecule has 0 radical (unpaired) electrons. The van der Waals surface area contributed by atoms with Gasteiger partial charge >= 0.3 is 11.9 Å². The van der Waals surface area contributed by atoms with E-state index in [1.165, 1.54) is 23.9 Å². The van der Waals surface area contributed by atoms with Crippen LogP contribution in [0.2, 0.25) is 0 Å². The Morgan fingerprint density at radius 3 is 1.94 bits per heavy atom. The van der Waals surface area contributed by atoms with E-state index in [1.54, 1.807) is 12.1 Å². The quantitative estimate of drug-likeness (QED) is 0.530. The molecule has 9 nitrogen and oxygen atoms in total. The van der Waals surface area contributed by atoms with Crippen LogP contribution in [-0.2, 0) is 4.79 Å². The highest BCUT2D eigenvalue weighted by Gasteiger charge is 2.42. The number of thioether (sulfide) groups is 1. The number of fused-ring (bicyclic) bond motifs is 1. The molecule has 10 heteroatoms. The molecular formula is C21H18N2O7S. The van der Waals surface area contributed by atoms with E-state index in [0.29, 0.717) is 5.75 Å². The van der Waals surface area contributed by atoms with Crippen molar-refractivity contribution in [1.29, 1.82) is 0 Å². The van der Waals surface area contributed by atoms with Crippen molar-refractivity contribution in [1.82, 2.24) is 4.90 Å². The Hall–Kier alpha value is -3.66. The predicted octanol–water partition coefficient (Wildman–Crippen LogP) is 2.44. The van der Waals surface area contributed by atoms with Gasteiger partial charge in [0.25, 0.3) is 11.8 Å². The summed E-state index contributed by atoms with van der Waals surface area (Å²) in [5, 5.41) is 20.9. The van der Waals surface area contributed by atoms with Gasteiger partial charge in [0.2, 0.25) is 5.91 Å². The molecule has 1 aliphatic heterocycles. The van der Waals surface area contributed by atoms with E-state index >= 15 is 0 Å². The number of aromatic carboxylic acids is 2. The molecule has 2 aromatic rings. The van der Waals surface area contributed by atoms with Gasteiger partial charge in [0, 0.05) is 5.69 Å². The first-order valence-electron chi connectivity index (χ1n) is 9.13. The van der Waals surface area contributed by atoms with Gasteiger partial charge in [-0.1, -0.05) is 12.1 Å². The lowest BCUT2D eigenvalue weighted by atomic mass is 10.1. The Balaban J connectivity index is 1.93. The largest absolute Gasteiger partial charge is 0.478 e. The predicted molar refractivity (Wildman–Crippen MR) is 113 cm³/mol. The van der Waals surface area contributed by atoms with E-state index in [4.69, 9.17) is 0 Å². The van der Waals surface area contributed by atoms with E-state index in [-0.39, 0.29) is 34.4 Å². The number of hydrogen-bond donors (Lipinski definition) is 3. The van der Waals surface area contributed by atoms with Crippen LogP contribution >= 0.6 is 11.8 Å². The molecule has 0 saturated carbocycles. The molecule has 0 aliphatic carbocycles. The second-order valence-corrected chi connectivity index (χ2v) is 7.71. The summed E-state index contributed by atoms with van der Waals surface area (Å²) in [4.78, 5) is 62.2. The maximum atomic E-state index is 13.0. The third kappa shape index (κ3) is 4.43. The number of nitrogens with one attached hydrogen (secondary N) is 1. The van der Waals surface area contributed by atoms with Crippen molar-refractivity contribution in [2.75, 3.05) is 17.3 Å². The molecular weight excluding hydrogens is 424 g/mol. The first-order valence-corrected chi connectivity index (χ1v) is 10.5. The second kappa shape index (κ2) is 9.00. The molecule has 0 spiro atoms. The molecule has 2 aromatic carbocycles. The number of anilines is 1. The lowest BCUT2D eigenvalue weighted by molar-refractivity contribution is -0.120. The molecule has 160 valence electrons. The van der Waals surface area contributed by atoms with Crippen LogP contribution in [0.25, 0.3) is 0 Å². The number of carbonyl (C=O) groups excluding carboxylic acids is 3. The zero-order valence-corrected chi connectivity index (χ0v) is 17.1. The van der Waals surface area contributed by atoms with Crippen LogP contribution in [0.1, 0.15) is 47.9 Å². The third-order valence-electron chi connectivity index (χ3n) is 4.73. The van der Waals surface area contributed by atoms with Crippen LogP contribution in [0.5, 0.6) is 0 Å². The van der Waals surface area contributed by atoms with Crippen LogP contribution in [-0.4, -0.2) is 62.8 Å². The normalized spacial score (nSPS) is 13.6. The van der Waals surface area contributed by atoms with Crippen molar-refractivity contribution < 1.29 is 34.2 Å². The molecule has 3 N–H and O–H groups in total. The van der Waals surface area contributed by atoms with Crippen LogP contribution in [0.3, 0.4) is 0 Å². The number of rotatable bonds is 8. The number of imide groups is 1. The van der Waals surface area contributed by atoms with Crippen molar-refractivity contribution in [2.45, 2.75) is 12.5 Å². The van der Waals surface area contributed by atoms with Crippen molar-refractivity contribution >= 4 is 47.1 Å². The highest BCUT2D eigenvalue weighted by Crippen LogP contribution is 2.27. The minimum Gasteiger partial charge on any atom is -0.478 e. The molecule has 1 atom stereocenters. The number of amides is 3. The Morgan fingerprint density at radius 1 is 0.968 bits per heavy atom. The van der Waals surface area contributed by atoms with Crippen molar-refractivity contribution in [2.24, 2.45) is 0 Å². The molecule has 0 fully saturated rings. The number of hydrogen-bond acceptors (Lipinski definition) is 6. The standard InChI is InChI=1S/C21H18N2O7S/c1-31-7-6-16(23-18(25)14-4-2-3-5-15(14)19(23)26)17(24)22-13-9-11(20(27)28)8-12(10-13)21(29)30/h2-5,8-10,16H,6-7H2,1H3,(H,22,24)(H,27,28)(H,29,30)/t16-/m0/s1. The van der Waals surface area contributed by atoms with E-state index in [2.05, 4.69) is 5.32 Å². The van der Waals surface area contributed by atoms with Gasteiger partial charge in [0.05, 0.1) is 22.3 Å². The number of benzene rings is 2. The molecule has 0 unspecified atom stereocenters. The van der Waals surface area contributed by atoms with Gasteiger partial charge in [-0.15, -0.1) is 0 Å². The average Bonchev–Trinajstić information content (AvgIpc) is 2.99. The van der Waals surface area contributed by atoms with E-state index < -0.39 is 35.7 Å². The monoisotopic (exact) mass is 442 g/mol. The Morgan fingerprint density at radius 2 is 1.48 bits per heavy atom. The number of carboxylic acids is 2. The number of carboxylic acid groups (broad SMARTS) is 2. The van der Waals surface area contributed by atoms with Gasteiger partial charge in [-0.25, -0.2) is 9.59 Å². The smallest absolute Gasteiger partial charge is 0.335 e. The van der Waals surface area contributed by atoms with Crippen LogP contribution in [0.15, 0.2) is 42.5 Å². The first kappa shape index (κ1) is 22.0. The molecule has 31 heavy (non-hydrogen) atoms. The Kier molecular flexibility index (Phi) is 6.40. The van der Waals surface area contributed by atoms with Crippen LogP contribution < -0.4 is 5.32 Å². The molecule has 1 aliphatic rings. The maximum Gasteiger partial charge on any atom is 0.335 e. The molecule has 0 aromatic heterocycles. The van der Waals surface area contributed by atoms with Crippen molar-refractivity contribution in [3.63, 3.8) is 0 Å². The fraction of sp³-hybridized carbons (Fsp3) is 0.190.